The summed E-state index contributed by atoms with van der Waals surface area (Å²) in [7, 11) is 1.31. The lowest BCUT2D eigenvalue weighted by Gasteiger charge is -2.10. The fraction of sp³-hybridized carbons (Fsp3) is 0.250. The third-order valence-electron chi connectivity index (χ3n) is 2.85. The molecule has 2 aromatic heterocycles. The number of fused-ring (bicyclic) bond motifs is 1. The topological polar surface area (TPSA) is 101 Å². The first-order chi connectivity index (χ1) is 8.97. The molecule has 0 aliphatic heterocycles. The monoisotopic (exact) mass is 264 g/mol. The smallest absolute Gasteiger partial charge is 0.358 e. The molecule has 2 N–H and O–H groups in total. The Bertz CT molecular complexity index is 661. The molecule has 0 saturated heterocycles. The van der Waals surface area contributed by atoms with Crippen LogP contribution in [0.15, 0.2) is 18.2 Å². The summed E-state index contributed by atoms with van der Waals surface area (Å²) in [4.78, 5) is 26.4. The van der Waals surface area contributed by atoms with E-state index in [1.807, 2.05) is 0 Å². The lowest BCUT2D eigenvalue weighted by Crippen LogP contribution is -2.14. The fourth-order valence-electron chi connectivity index (χ4n) is 1.89. The zero-order chi connectivity index (χ0) is 14.2. The average Bonchev–Trinajstić information content (AvgIpc) is 2.75. The molecule has 0 spiro atoms. The number of pyridine rings is 1. The molecule has 0 aliphatic carbocycles. The van der Waals surface area contributed by atoms with Gasteiger partial charge in [-0.05, 0) is 19.1 Å². The van der Waals surface area contributed by atoms with Crippen LogP contribution in [0, 0.1) is 0 Å². The summed E-state index contributed by atoms with van der Waals surface area (Å²) >= 11 is 0. The van der Waals surface area contributed by atoms with Crippen LogP contribution in [0.4, 0.5) is 0 Å². The number of hydrogen-bond acceptors (Lipinski definition) is 4. The van der Waals surface area contributed by atoms with Gasteiger partial charge >= 0.3 is 11.9 Å². The van der Waals surface area contributed by atoms with Gasteiger partial charge in [0.2, 0.25) is 5.88 Å². The van der Waals surface area contributed by atoms with Gasteiger partial charge in [-0.1, -0.05) is 6.07 Å². The number of aromatic carboxylic acids is 1. The van der Waals surface area contributed by atoms with Crippen LogP contribution in [0.5, 0.6) is 5.88 Å². The molecule has 0 aromatic carbocycles. The molecule has 0 amide bonds. The molecule has 1 unspecified atom stereocenters. The summed E-state index contributed by atoms with van der Waals surface area (Å²) in [6.45, 7) is 1.48. The van der Waals surface area contributed by atoms with Crippen molar-refractivity contribution in [2.45, 2.75) is 12.8 Å². The minimum absolute atomic E-state index is 0.0439. The first kappa shape index (κ1) is 12.9. The molecule has 0 fully saturated rings. The van der Waals surface area contributed by atoms with Crippen molar-refractivity contribution in [3.05, 3.63) is 29.6 Å². The van der Waals surface area contributed by atoms with Gasteiger partial charge in [0.1, 0.15) is 5.65 Å². The van der Waals surface area contributed by atoms with Gasteiger partial charge in [0.25, 0.3) is 0 Å². The predicted octanol–water partition coefficient (Wildman–Crippen LogP) is 1.23. The van der Waals surface area contributed by atoms with Gasteiger partial charge in [-0.3, -0.25) is 9.20 Å². The van der Waals surface area contributed by atoms with Gasteiger partial charge in [0, 0.05) is 5.69 Å². The lowest BCUT2D eigenvalue weighted by molar-refractivity contribution is -0.138. The quantitative estimate of drug-likeness (QED) is 0.861. The molecular formula is C12H12N2O5. The zero-order valence-corrected chi connectivity index (χ0v) is 10.3. The molecule has 0 radical (unpaired) electrons. The highest BCUT2D eigenvalue weighted by atomic mass is 16.5. The maximum absolute atomic E-state index is 11.3. The minimum Gasteiger partial charge on any atom is -0.481 e. The van der Waals surface area contributed by atoms with Crippen LogP contribution in [0.3, 0.4) is 0 Å². The summed E-state index contributed by atoms with van der Waals surface area (Å²) < 4.78 is 6.22. The molecule has 2 rings (SSSR count). The molecule has 100 valence electrons. The highest BCUT2D eigenvalue weighted by molar-refractivity contribution is 5.90. The van der Waals surface area contributed by atoms with Crippen molar-refractivity contribution in [2.24, 2.45) is 0 Å². The van der Waals surface area contributed by atoms with Crippen LogP contribution in [-0.4, -0.2) is 38.6 Å². The number of aromatic nitrogens is 2. The number of hydrogen-bond donors (Lipinski definition) is 2. The van der Waals surface area contributed by atoms with Crippen molar-refractivity contribution in [1.29, 1.82) is 0 Å². The first-order valence-electron chi connectivity index (χ1n) is 5.48. The third kappa shape index (κ3) is 1.99. The standard InChI is InChI=1S/C12H12N2O5/c1-6(11(15)16)7-4-3-5-8-13-10(19-2)9(12(17)18)14(7)8/h3-6H,1-2H3,(H,15,16)(H,17,18). The number of imidazole rings is 1. The first-order valence-corrected chi connectivity index (χ1v) is 5.48. The van der Waals surface area contributed by atoms with Crippen molar-refractivity contribution in [2.75, 3.05) is 7.11 Å². The van der Waals surface area contributed by atoms with Crippen molar-refractivity contribution >= 4 is 17.6 Å². The summed E-state index contributed by atoms with van der Waals surface area (Å²) in [6.07, 6.45) is 0. The van der Waals surface area contributed by atoms with Crippen LogP contribution in [-0.2, 0) is 4.79 Å². The Kier molecular flexibility index (Phi) is 3.12. The van der Waals surface area contributed by atoms with Gasteiger partial charge in [-0.2, -0.15) is 4.98 Å². The number of nitrogens with zero attached hydrogens (tertiary/aromatic N) is 2. The van der Waals surface area contributed by atoms with E-state index in [1.54, 1.807) is 18.2 Å². The van der Waals surface area contributed by atoms with Crippen LogP contribution in [0.2, 0.25) is 0 Å². The van der Waals surface area contributed by atoms with E-state index in [2.05, 4.69) is 4.98 Å². The number of carboxylic acid groups (broad SMARTS) is 2. The Morgan fingerprint density at radius 2 is 2.05 bits per heavy atom. The van der Waals surface area contributed by atoms with E-state index in [0.29, 0.717) is 11.3 Å². The fourth-order valence-corrected chi connectivity index (χ4v) is 1.89. The van der Waals surface area contributed by atoms with Crippen molar-refractivity contribution < 1.29 is 24.5 Å². The second kappa shape index (κ2) is 4.60. The third-order valence-corrected chi connectivity index (χ3v) is 2.85. The van der Waals surface area contributed by atoms with Crippen LogP contribution >= 0.6 is 0 Å². The van der Waals surface area contributed by atoms with E-state index in [0.717, 1.165) is 0 Å². The number of rotatable bonds is 4. The summed E-state index contributed by atoms with van der Waals surface area (Å²) in [6, 6.07) is 4.77. The number of carbonyl (C=O) groups is 2. The van der Waals surface area contributed by atoms with E-state index in [1.165, 1.54) is 18.4 Å². The van der Waals surface area contributed by atoms with Crippen molar-refractivity contribution in [1.82, 2.24) is 9.38 Å². The molecule has 7 heteroatoms. The summed E-state index contributed by atoms with van der Waals surface area (Å²) in [5.41, 5.74) is 0.485. The Hall–Kier alpha value is -2.57. The largest absolute Gasteiger partial charge is 0.481 e. The Balaban J connectivity index is 2.82. The van der Waals surface area contributed by atoms with E-state index >= 15 is 0 Å². The minimum atomic E-state index is -1.23. The summed E-state index contributed by atoms with van der Waals surface area (Å²) in [5.74, 6) is -3.18. The van der Waals surface area contributed by atoms with Gasteiger partial charge in [-0.25, -0.2) is 4.79 Å². The van der Waals surface area contributed by atoms with Gasteiger partial charge in [0.15, 0.2) is 5.69 Å². The highest BCUT2D eigenvalue weighted by Gasteiger charge is 2.25. The Morgan fingerprint density at radius 1 is 1.37 bits per heavy atom. The molecule has 0 saturated carbocycles. The highest BCUT2D eigenvalue weighted by Crippen LogP contribution is 2.25. The van der Waals surface area contributed by atoms with E-state index in [4.69, 9.17) is 9.84 Å². The zero-order valence-electron chi connectivity index (χ0n) is 10.3. The number of methoxy groups -OCH3 is 1. The molecule has 0 aliphatic rings. The lowest BCUT2D eigenvalue weighted by atomic mass is 10.1. The maximum atomic E-state index is 11.3. The van der Waals surface area contributed by atoms with Gasteiger partial charge in [-0.15, -0.1) is 0 Å². The SMILES string of the molecule is COc1nc2cccc(C(C)C(=O)O)n2c1C(=O)O. The number of ether oxygens (including phenoxy) is 1. The molecule has 2 aromatic rings. The van der Waals surface area contributed by atoms with Crippen LogP contribution in [0.25, 0.3) is 5.65 Å². The van der Waals surface area contributed by atoms with Crippen molar-refractivity contribution in [3.8, 4) is 5.88 Å². The Labute approximate surface area is 108 Å². The molecular weight excluding hydrogens is 252 g/mol. The average molecular weight is 264 g/mol. The molecule has 19 heavy (non-hydrogen) atoms. The summed E-state index contributed by atoms with van der Waals surface area (Å²) in [5, 5.41) is 18.3. The maximum Gasteiger partial charge on any atom is 0.358 e. The normalized spacial score (nSPS) is 12.3. The van der Waals surface area contributed by atoms with Gasteiger partial charge in [0.05, 0.1) is 13.0 Å². The number of carboxylic acids is 2. The van der Waals surface area contributed by atoms with Crippen LogP contribution < -0.4 is 4.74 Å². The second-order valence-electron chi connectivity index (χ2n) is 3.98. The van der Waals surface area contributed by atoms with E-state index < -0.39 is 17.9 Å². The molecule has 1 atom stereocenters. The van der Waals surface area contributed by atoms with E-state index in [-0.39, 0.29) is 11.6 Å². The van der Waals surface area contributed by atoms with Crippen molar-refractivity contribution in [3.63, 3.8) is 0 Å². The second-order valence-corrected chi connectivity index (χ2v) is 3.98. The van der Waals surface area contributed by atoms with E-state index in [9.17, 15) is 14.7 Å². The number of aliphatic carboxylic acids is 1. The predicted molar refractivity (Wildman–Crippen MR) is 64.8 cm³/mol. The molecule has 0 bridgehead atoms. The van der Waals surface area contributed by atoms with Gasteiger partial charge < -0.3 is 14.9 Å². The Morgan fingerprint density at radius 3 is 2.58 bits per heavy atom. The molecule has 2 heterocycles. The molecule has 7 nitrogen and oxygen atoms in total. The van der Waals surface area contributed by atoms with Crippen LogP contribution in [0.1, 0.15) is 29.0 Å².